The summed E-state index contributed by atoms with van der Waals surface area (Å²) in [6.45, 7) is 3.83. The first-order valence-electron chi connectivity index (χ1n) is 5.90. The molecule has 0 aliphatic carbocycles. The highest BCUT2D eigenvalue weighted by atomic mass is 16.1. The van der Waals surface area contributed by atoms with Crippen molar-refractivity contribution in [1.82, 2.24) is 0 Å². The fourth-order valence-corrected chi connectivity index (χ4v) is 1.54. The molecule has 0 unspecified atom stereocenters. The molecule has 0 heterocycles. The van der Waals surface area contributed by atoms with E-state index in [-0.39, 0.29) is 0 Å². The van der Waals surface area contributed by atoms with Crippen LogP contribution in [-0.4, -0.2) is 5.94 Å². The van der Waals surface area contributed by atoms with E-state index in [4.69, 9.17) is 0 Å². The molecule has 0 aliphatic heterocycles. The summed E-state index contributed by atoms with van der Waals surface area (Å²) < 4.78 is 0. The molecule has 0 amide bonds. The van der Waals surface area contributed by atoms with Gasteiger partial charge in [0.2, 0.25) is 0 Å². The van der Waals surface area contributed by atoms with Gasteiger partial charge in [0.15, 0.2) is 0 Å². The highest BCUT2D eigenvalue weighted by Gasteiger charge is 1.90. The van der Waals surface area contributed by atoms with Crippen molar-refractivity contribution < 1.29 is 4.79 Å². The quantitative estimate of drug-likeness (QED) is 0.379. The Morgan fingerprint density at radius 3 is 1.86 bits per heavy atom. The molecule has 1 radical (unpaired) electrons. The zero-order valence-electron chi connectivity index (χ0n) is 9.26. The van der Waals surface area contributed by atoms with Crippen molar-refractivity contribution in [1.29, 1.82) is 0 Å². The molecular formula is C13H23O. The Kier molecular flexibility index (Phi) is 12.0. The highest BCUT2D eigenvalue weighted by Crippen LogP contribution is 2.10. The lowest BCUT2D eigenvalue weighted by Crippen LogP contribution is -1.80. The van der Waals surface area contributed by atoms with Crippen LogP contribution in [0.15, 0.2) is 6.08 Å². The lowest BCUT2D eigenvalue weighted by atomic mass is 10.1. The van der Waals surface area contributed by atoms with Gasteiger partial charge in [-0.3, -0.25) is 0 Å². The molecule has 0 saturated heterocycles. The molecule has 0 aromatic heterocycles. The molecule has 0 aliphatic rings. The Hall–Kier alpha value is -0.550. The third-order valence-corrected chi connectivity index (χ3v) is 2.43. The summed E-state index contributed by atoms with van der Waals surface area (Å²) in [5, 5.41) is 0. The van der Waals surface area contributed by atoms with E-state index in [1.807, 2.05) is 5.94 Å². The van der Waals surface area contributed by atoms with E-state index in [2.05, 4.69) is 6.92 Å². The third-order valence-electron chi connectivity index (χ3n) is 2.43. The molecule has 0 aromatic rings. The molecule has 0 atom stereocenters. The van der Waals surface area contributed by atoms with Crippen LogP contribution in [0.25, 0.3) is 0 Å². The van der Waals surface area contributed by atoms with E-state index < -0.39 is 0 Å². The van der Waals surface area contributed by atoms with Crippen LogP contribution in [0, 0.1) is 6.92 Å². The van der Waals surface area contributed by atoms with Gasteiger partial charge in [0.1, 0.15) is 5.94 Å². The largest absolute Gasteiger partial charge is 0.234 e. The molecule has 0 spiro atoms. The molecule has 0 aromatic carbocycles. The van der Waals surface area contributed by atoms with Gasteiger partial charge < -0.3 is 0 Å². The molecular weight excluding hydrogens is 172 g/mol. The first kappa shape index (κ1) is 13.4. The van der Waals surface area contributed by atoms with E-state index in [0.29, 0.717) is 0 Å². The Bertz CT molecular complexity index is 145. The zero-order valence-corrected chi connectivity index (χ0v) is 9.26. The summed E-state index contributed by atoms with van der Waals surface area (Å²) in [6.07, 6.45) is 14.0. The molecule has 81 valence electrons. The lowest BCUT2D eigenvalue weighted by molar-refractivity contribution is 0.563. The van der Waals surface area contributed by atoms with E-state index in [9.17, 15) is 4.79 Å². The van der Waals surface area contributed by atoms with Gasteiger partial charge in [-0.1, -0.05) is 58.3 Å². The highest BCUT2D eigenvalue weighted by molar-refractivity contribution is 5.44. The van der Waals surface area contributed by atoms with Gasteiger partial charge in [-0.15, -0.1) is 0 Å². The first-order chi connectivity index (χ1) is 6.91. The van der Waals surface area contributed by atoms with Crippen LogP contribution >= 0.6 is 0 Å². The average molecular weight is 195 g/mol. The zero-order chi connectivity index (χ0) is 10.5. The summed E-state index contributed by atoms with van der Waals surface area (Å²) in [4.78, 5) is 9.85. The SMILES string of the molecule is [CH2]CCCCCCCCCCC=C=O. The predicted molar refractivity (Wildman–Crippen MR) is 61.8 cm³/mol. The minimum atomic E-state index is 0.908. The van der Waals surface area contributed by atoms with Crippen LogP contribution in [-0.2, 0) is 4.79 Å². The van der Waals surface area contributed by atoms with Gasteiger partial charge in [-0.25, -0.2) is 4.79 Å². The second kappa shape index (κ2) is 12.4. The summed E-state index contributed by atoms with van der Waals surface area (Å²) in [5.41, 5.74) is 0. The van der Waals surface area contributed by atoms with Crippen molar-refractivity contribution >= 4 is 5.94 Å². The van der Waals surface area contributed by atoms with Crippen LogP contribution in [0.4, 0.5) is 0 Å². The van der Waals surface area contributed by atoms with E-state index in [1.54, 1.807) is 6.08 Å². The van der Waals surface area contributed by atoms with Crippen molar-refractivity contribution in [2.45, 2.75) is 64.2 Å². The van der Waals surface area contributed by atoms with Crippen molar-refractivity contribution in [3.8, 4) is 0 Å². The Morgan fingerprint density at radius 1 is 0.857 bits per heavy atom. The minimum absolute atomic E-state index is 0.908. The van der Waals surface area contributed by atoms with Crippen molar-refractivity contribution in [3.05, 3.63) is 13.0 Å². The van der Waals surface area contributed by atoms with Crippen LogP contribution in [0.3, 0.4) is 0 Å². The number of carbonyl (C=O) groups excluding carboxylic acids is 1. The van der Waals surface area contributed by atoms with E-state index >= 15 is 0 Å². The second-order valence-electron chi connectivity index (χ2n) is 3.79. The van der Waals surface area contributed by atoms with Gasteiger partial charge in [-0.05, 0) is 18.9 Å². The van der Waals surface area contributed by atoms with Crippen LogP contribution in [0.2, 0.25) is 0 Å². The Morgan fingerprint density at radius 2 is 1.36 bits per heavy atom. The molecule has 1 heteroatoms. The monoisotopic (exact) mass is 195 g/mol. The number of allylic oxidation sites excluding steroid dienone is 1. The van der Waals surface area contributed by atoms with Crippen LogP contribution in [0.1, 0.15) is 64.2 Å². The van der Waals surface area contributed by atoms with E-state index in [0.717, 1.165) is 19.3 Å². The maximum absolute atomic E-state index is 9.85. The molecule has 0 N–H and O–H groups in total. The van der Waals surface area contributed by atoms with Crippen LogP contribution in [0.5, 0.6) is 0 Å². The number of rotatable bonds is 10. The minimum Gasteiger partial charge on any atom is -0.234 e. The number of unbranched alkanes of at least 4 members (excludes halogenated alkanes) is 9. The summed E-state index contributed by atoms with van der Waals surface area (Å²) >= 11 is 0. The number of hydrogen-bond acceptors (Lipinski definition) is 1. The standard InChI is InChI=1S/C13H23O/c1-2-3-4-5-6-7-8-9-10-11-12-13-14/h12H,1-11H2. The summed E-state index contributed by atoms with van der Waals surface area (Å²) in [7, 11) is 0. The smallest absolute Gasteiger partial charge is 0.120 e. The van der Waals surface area contributed by atoms with Gasteiger partial charge in [-0.2, -0.15) is 0 Å². The summed E-state index contributed by atoms with van der Waals surface area (Å²) in [6, 6.07) is 0. The molecule has 1 nitrogen and oxygen atoms in total. The fourth-order valence-electron chi connectivity index (χ4n) is 1.54. The van der Waals surface area contributed by atoms with E-state index in [1.165, 1.54) is 44.9 Å². The molecule has 0 bridgehead atoms. The average Bonchev–Trinajstić information content (AvgIpc) is 2.21. The summed E-state index contributed by atoms with van der Waals surface area (Å²) in [5.74, 6) is 1.81. The third kappa shape index (κ3) is 11.4. The molecule has 0 fully saturated rings. The molecule has 0 rings (SSSR count). The topological polar surface area (TPSA) is 17.1 Å². The fraction of sp³-hybridized carbons (Fsp3) is 0.769. The predicted octanol–water partition coefficient (Wildman–Crippen LogP) is 4.11. The lowest BCUT2D eigenvalue weighted by Gasteiger charge is -2.00. The Labute approximate surface area is 88.6 Å². The normalized spacial score (nSPS) is 9.79. The molecule has 14 heavy (non-hydrogen) atoms. The maximum atomic E-state index is 9.85. The van der Waals surface area contributed by atoms with Crippen molar-refractivity contribution in [2.75, 3.05) is 0 Å². The maximum Gasteiger partial charge on any atom is 0.120 e. The van der Waals surface area contributed by atoms with Crippen LogP contribution < -0.4 is 0 Å². The Balaban J connectivity index is 2.88. The molecule has 0 saturated carbocycles. The van der Waals surface area contributed by atoms with Crippen molar-refractivity contribution in [3.63, 3.8) is 0 Å². The first-order valence-corrected chi connectivity index (χ1v) is 5.90. The van der Waals surface area contributed by atoms with Crippen molar-refractivity contribution in [2.24, 2.45) is 0 Å². The second-order valence-corrected chi connectivity index (χ2v) is 3.79. The van der Waals surface area contributed by atoms with Gasteiger partial charge >= 0.3 is 0 Å². The van der Waals surface area contributed by atoms with Gasteiger partial charge in [0, 0.05) is 0 Å². The number of hydrogen-bond donors (Lipinski definition) is 0. The van der Waals surface area contributed by atoms with Gasteiger partial charge in [0.25, 0.3) is 0 Å². The van der Waals surface area contributed by atoms with Gasteiger partial charge in [0.05, 0.1) is 0 Å².